The number of benzene rings is 1. The van der Waals surface area contributed by atoms with Crippen molar-refractivity contribution in [1.29, 1.82) is 0 Å². The molecule has 1 atom stereocenters. The van der Waals surface area contributed by atoms with Crippen LogP contribution in [0, 0.1) is 0 Å². The van der Waals surface area contributed by atoms with Crippen LogP contribution in [0.15, 0.2) is 47.5 Å². The first kappa shape index (κ1) is 22.8. The average molecular weight is 486 g/mol. The van der Waals surface area contributed by atoms with Crippen LogP contribution in [0.5, 0.6) is 17.4 Å². The van der Waals surface area contributed by atoms with Gasteiger partial charge in [-0.05, 0) is 25.1 Å². The maximum absolute atomic E-state index is 5.93. The van der Waals surface area contributed by atoms with Crippen LogP contribution >= 0.6 is 24.0 Å². The summed E-state index contributed by atoms with van der Waals surface area (Å²) in [6, 6.07) is 13.2. The van der Waals surface area contributed by atoms with Gasteiger partial charge in [-0.25, -0.2) is 4.98 Å². The number of nitrogens with one attached hydrogen (secondary N) is 2. The van der Waals surface area contributed by atoms with Crippen molar-refractivity contribution < 1.29 is 14.2 Å². The van der Waals surface area contributed by atoms with Crippen LogP contribution < -0.4 is 24.8 Å². The summed E-state index contributed by atoms with van der Waals surface area (Å²) < 4.78 is 16.4. The van der Waals surface area contributed by atoms with Crippen LogP contribution in [0.2, 0.25) is 0 Å². The van der Waals surface area contributed by atoms with E-state index in [0.717, 1.165) is 5.69 Å². The van der Waals surface area contributed by atoms with Gasteiger partial charge in [-0.15, -0.1) is 24.0 Å². The molecule has 0 saturated carbocycles. The average Bonchev–Trinajstić information content (AvgIpc) is 2.68. The van der Waals surface area contributed by atoms with Crippen LogP contribution in [0.3, 0.4) is 0 Å². The summed E-state index contributed by atoms with van der Waals surface area (Å²) in [5, 5.41) is 6.46. The van der Waals surface area contributed by atoms with E-state index in [1.807, 2.05) is 49.4 Å². The molecule has 2 aromatic rings. The van der Waals surface area contributed by atoms with Crippen LogP contribution in [-0.2, 0) is 6.54 Å². The summed E-state index contributed by atoms with van der Waals surface area (Å²) >= 11 is 0. The van der Waals surface area contributed by atoms with Crippen LogP contribution in [0.4, 0.5) is 0 Å². The van der Waals surface area contributed by atoms with Gasteiger partial charge >= 0.3 is 0 Å². The fraction of sp³-hybridized carbons (Fsp3) is 0.368. The zero-order chi connectivity index (χ0) is 18.8. The number of halogens is 1. The zero-order valence-electron chi connectivity index (χ0n) is 16.1. The molecule has 2 N–H and O–H groups in total. The molecule has 0 aliphatic heterocycles. The quantitative estimate of drug-likeness (QED) is 0.340. The van der Waals surface area contributed by atoms with E-state index in [4.69, 9.17) is 14.2 Å². The number of guanidine groups is 1. The predicted octanol–water partition coefficient (Wildman–Crippen LogP) is 2.85. The summed E-state index contributed by atoms with van der Waals surface area (Å²) in [6.07, 6.45) is -0.0696. The van der Waals surface area contributed by atoms with Gasteiger partial charge in [0.25, 0.3) is 0 Å². The number of para-hydroxylation sites is 2. The molecule has 27 heavy (non-hydrogen) atoms. The van der Waals surface area contributed by atoms with E-state index in [-0.39, 0.29) is 30.1 Å². The van der Waals surface area contributed by atoms with Crippen molar-refractivity contribution in [3.8, 4) is 17.4 Å². The van der Waals surface area contributed by atoms with Gasteiger partial charge in [-0.1, -0.05) is 18.2 Å². The number of pyridine rings is 1. The predicted molar refractivity (Wildman–Crippen MR) is 117 cm³/mol. The molecule has 1 aromatic heterocycles. The van der Waals surface area contributed by atoms with E-state index >= 15 is 0 Å². The van der Waals surface area contributed by atoms with E-state index in [2.05, 4.69) is 20.6 Å². The summed E-state index contributed by atoms with van der Waals surface area (Å²) in [7, 11) is 4.95. The fourth-order valence-electron chi connectivity index (χ4n) is 2.28. The van der Waals surface area contributed by atoms with Gasteiger partial charge in [-0.3, -0.25) is 4.99 Å². The van der Waals surface area contributed by atoms with Gasteiger partial charge in [0.05, 0.1) is 33.0 Å². The maximum Gasteiger partial charge on any atom is 0.213 e. The Hall–Kier alpha value is -2.23. The molecule has 7 nitrogen and oxygen atoms in total. The van der Waals surface area contributed by atoms with Gasteiger partial charge < -0.3 is 24.8 Å². The Morgan fingerprint density at radius 1 is 1.04 bits per heavy atom. The molecule has 0 amide bonds. The molecular formula is C19H27IN4O3. The topological polar surface area (TPSA) is 77.0 Å². The summed E-state index contributed by atoms with van der Waals surface area (Å²) in [4.78, 5) is 8.58. The lowest BCUT2D eigenvalue weighted by molar-refractivity contribution is 0.213. The van der Waals surface area contributed by atoms with Crippen molar-refractivity contribution in [2.24, 2.45) is 4.99 Å². The highest BCUT2D eigenvalue weighted by Crippen LogP contribution is 2.26. The minimum atomic E-state index is -0.0696. The van der Waals surface area contributed by atoms with Gasteiger partial charge in [0.15, 0.2) is 17.5 Å². The lowest BCUT2D eigenvalue weighted by Gasteiger charge is -2.19. The smallest absolute Gasteiger partial charge is 0.213 e. The van der Waals surface area contributed by atoms with Crippen LogP contribution in [0.25, 0.3) is 0 Å². The van der Waals surface area contributed by atoms with Crippen LogP contribution in [0.1, 0.15) is 12.6 Å². The molecule has 0 aliphatic carbocycles. The first-order chi connectivity index (χ1) is 12.7. The molecule has 0 aliphatic rings. The summed E-state index contributed by atoms with van der Waals surface area (Å²) in [6.45, 7) is 3.11. The first-order valence-electron chi connectivity index (χ1n) is 8.40. The van der Waals surface area contributed by atoms with Crippen molar-refractivity contribution in [3.05, 3.63) is 48.2 Å². The Bertz CT molecular complexity index is 728. The normalized spacial score (nSPS) is 11.8. The minimum absolute atomic E-state index is 0. The van der Waals surface area contributed by atoms with Gasteiger partial charge in [-0.2, -0.15) is 0 Å². The summed E-state index contributed by atoms with van der Waals surface area (Å²) in [5.41, 5.74) is 0.866. The zero-order valence-corrected chi connectivity index (χ0v) is 18.4. The van der Waals surface area contributed by atoms with E-state index < -0.39 is 0 Å². The second-order valence-corrected chi connectivity index (χ2v) is 5.56. The molecule has 2 rings (SSSR count). The van der Waals surface area contributed by atoms with Gasteiger partial charge in [0.1, 0.15) is 6.10 Å². The van der Waals surface area contributed by atoms with E-state index in [0.29, 0.717) is 36.4 Å². The van der Waals surface area contributed by atoms with Crippen molar-refractivity contribution in [1.82, 2.24) is 15.6 Å². The largest absolute Gasteiger partial charge is 0.493 e. The number of nitrogens with zero attached hydrogens (tertiary/aromatic N) is 2. The van der Waals surface area contributed by atoms with Crippen molar-refractivity contribution >= 4 is 29.9 Å². The molecule has 1 aromatic carbocycles. The molecule has 1 unspecified atom stereocenters. The third kappa shape index (κ3) is 7.49. The molecule has 0 bridgehead atoms. The van der Waals surface area contributed by atoms with Crippen LogP contribution in [-0.4, -0.2) is 44.9 Å². The third-order valence-corrected chi connectivity index (χ3v) is 3.61. The second kappa shape index (κ2) is 12.2. The number of hydrogen-bond donors (Lipinski definition) is 2. The van der Waals surface area contributed by atoms with Gasteiger partial charge in [0, 0.05) is 13.1 Å². The molecule has 0 spiro atoms. The molecule has 0 saturated heterocycles. The molecular weight excluding hydrogens is 459 g/mol. The molecule has 1 heterocycles. The SMILES string of the molecule is CN=C(NCc1cccc(OC)n1)NCC(C)Oc1ccccc1OC.I. The molecule has 148 valence electrons. The Balaban J connectivity index is 0.00000364. The van der Waals surface area contributed by atoms with Gasteiger partial charge in [0.2, 0.25) is 5.88 Å². The highest BCUT2D eigenvalue weighted by Gasteiger charge is 2.09. The second-order valence-electron chi connectivity index (χ2n) is 5.56. The first-order valence-corrected chi connectivity index (χ1v) is 8.40. The number of aromatic nitrogens is 1. The maximum atomic E-state index is 5.93. The fourth-order valence-corrected chi connectivity index (χ4v) is 2.28. The summed E-state index contributed by atoms with van der Waals surface area (Å²) in [5.74, 6) is 2.69. The van der Waals surface area contributed by atoms with E-state index in [1.54, 1.807) is 21.3 Å². The van der Waals surface area contributed by atoms with Crippen molar-refractivity contribution in [2.75, 3.05) is 27.8 Å². The van der Waals surface area contributed by atoms with E-state index in [9.17, 15) is 0 Å². The lowest BCUT2D eigenvalue weighted by Crippen LogP contribution is -2.41. The Labute approximate surface area is 177 Å². The number of ether oxygens (including phenoxy) is 3. The highest BCUT2D eigenvalue weighted by atomic mass is 127. The molecule has 8 heteroatoms. The Morgan fingerprint density at radius 3 is 2.44 bits per heavy atom. The molecule has 0 fully saturated rings. The minimum Gasteiger partial charge on any atom is -0.493 e. The van der Waals surface area contributed by atoms with Crippen molar-refractivity contribution in [3.63, 3.8) is 0 Å². The standard InChI is InChI=1S/C19H26N4O3.HI/c1-14(26-17-10-6-5-9-16(17)24-3)12-21-19(20-2)22-13-15-8-7-11-18(23-15)25-4;/h5-11,14H,12-13H2,1-4H3,(H2,20,21,22);1H. The number of methoxy groups -OCH3 is 2. The number of rotatable bonds is 8. The Morgan fingerprint density at radius 2 is 1.78 bits per heavy atom. The number of hydrogen-bond acceptors (Lipinski definition) is 5. The molecule has 0 radical (unpaired) electrons. The number of aliphatic imine (C=N–C) groups is 1. The lowest BCUT2D eigenvalue weighted by atomic mass is 10.3. The van der Waals surface area contributed by atoms with Crippen molar-refractivity contribution in [2.45, 2.75) is 19.6 Å². The third-order valence-electron chi connectivity index (χ3n) is 3.61. The monoisotopic (exact) mass is 486 g/mol. The Kier molecular flexibility index (Phi) is 10.3. The highest BCUT2D eigenvalue weighted by molar-refractivity contribution is 14.0. The van der Waals surface area contributed by atoms with E-state index in [1.165, 1.54) is 0 Å².